The maximum absolute atomic E-state index is 11.3. The van der Waals surface area contributed by atoms with Crippen molar-refractivity contribution in [2.24, 2.45) is 0 Å². The van der Waals surface area contributed by atoms with E-state index in [9.17, 15) is 9.59 Å². The Balaban J connectivity index is 2.63. The molecule has 0 bridgehead atoms. The fraction of sp³-hybridized carbons (Fsp3) is 0.273. The molecule has 0 atom stereocenters. The lowest BCUT2D eigenvalue weighted by Gasteiger charge is -2.07. The summed E-state index contributed by atoms with van der Waals surface area (Å²) in [6.07, 6.45) is 0. The molecule has 0 aliphatic carbocycles. The molecule has 2 N–H and O–H groups in total. The van der Waals surface area contributed by atoms with Gasteiger partial charge in [0.2, 0.25) is 0 Å². The fourth-order valence-corrected chi connectivity index (χ4v) is 1.13. The maximum atomic E-state index is 11.3. The lowest BCUT2D eigenvalue weighted by Crippen LogP contribution is -2.30. The highest BCUT2D eigenvalue weighted by molar-refractivity contribution is 5.96. The van der Waals surface area contributed by atoms with Gasteiger partial charge in [0, 0.05) is 18.4 Å². The number of Topliss-reactive ketones (excluding diaryl/α,β-unsaturated/α-hetero) is 1. The van der Waals surface area contributed by atoms with Crippen LogP contribution in [0.1, 0.15) is 17.3 Å². The number of hydrogen-bond donors (Lipinski definition) is 2. The lowest BCUT2D eigenvalue weighted by atomic mass is 10.1. The first-order valence-electron chi connectivity index (χ1n) is 4.78. The van der Waals surface area contributed by atoms with E-state index in [1.807, 2.05) is 0 Å². The van der Waals surface area contributed by atoms with Gasteiger partial charge < -0.3 is 15.4 Å². The molecule has 0 heterocycles. The Bertz CT molecular complexity index is 391. The smallest absolute Gasteiger partial charge is 0.321 e. The molecular formula is C11H14N2O3. The average Bonchev–Trinajstić information content (AvgIpc) is 2.26. The molecule has 0 saturated carbocycles. The van der Waals surface area contributed by atoms with Crippen molar-refractivity contribution in [3.63, 3.8) is 0 Å². The number of amides is 2. The van der Waals surface area contributed by atoms with Gasteiger partial charge in [0.05, 0.1) is 0 Å². The molecule has 0 unspecified atom stereocenters. The van der Waals surface area contributed by atoms with Crippen molar-refractivity contribution < 1.29 is 14.3 Å². The van der Waals surface area contributed by atoms with Crippen molar-refractivity contribution in [2.45, 2.75) is 6.92 Å². The van der Waals surface area contributed by atoms with Gasteiger partial charge in [-0.3, -0.25) is 4.79 Å². The summed E-state index contributed by atoms with van der Waals surface area (Å²) in [6.45, 7) is 1.61. The van der Waals surface area contributed by atoms with Gasteiger partial charge >= 0.3 is 6.03 Å². The minimum Gasteiger partial charge on any atom is -0.364 e. The summed E-state index contributed by atoms with van der Waals surface area (Å²) in [5, 5.41) is 5.06. The Morgan fingerprint density at radius 3 is 2.75 bits per heavy atom. The maximum Gasteiger partial charge on any atom is 0.321 e. The van der Waals surface area contributed by atoms with E-state index >= 15 is 0 Å². The summed E-state index contributed by atoms with van der Waals surface area (Å²) < 4.78 is 4.69. The first-order chi connectivity index (χ1) is 7.63. The van der Waals surface area contributed by atoms with Crippen LogP contribution in [0.5, 0.6) is 0 Å². The Morgan fingerprint density at radius 1 is 1.38 bits per heavy atom. The van der Waals surface area contributed by atoms with E-state index in [4.69, 9.17) is 0 Å². The number of methoxy groups -OCH3 is 1. The first-order valence-corrected chi connectivity index (χ1v) is 4.78. The van der Waals surface area contributed by atoms with Crippen molar-refractivity contribution in [3.8, 4) is 0 Å². The zero-order valence-electron chi connectivity index (χ0n) is 9.24. The number of urea groups is 1. The monoisotopic (exact) mass is 222 g/mol. The van der Waals surface area contributed by atoms with Crippen LogP contribution >= 0.6 is 0 Å². The van der Waals surface area contributed by atoms with Crippen molar-refractivity contribution in [1.82, 2.24) is 5.32 Å². The number of nitrogens with one attached hydrogen (secondary N) is 2. The zero-order valence-corrected chi connectivity index (χ0v) is 9.24. The summed E-state index contributed by atoms with van der Waals surface area (Å²) in [5.41, 5.74) is 1.13. The van der Waals surface area contributed by atoms with E-state index in [0.29, 0.717) is 11.3 Å². The minimum absolute atomic E-state index is 0.0408. The summed E-state index contributed by atoms with van der Waals surface area (Å²) >= 11 is 0. The molecule has 5 heteroatoms. The van der Waals surface area contributed by atoms with Gasteiger partial charge in [0.25, 0.3) is 0 Å². The first kappa shape index (κ1) is 12.2. The molecule has 0 spiro atoms. The van der Waals surface area contributed by atoms with E-state index < -0.39 is 0 Å². The third-order valence-electron chi connectivity index (χ3n) is 1.90. The second-order valence-electron chi connectivity index (χ2n) is 3.20. The Hall–Kier alpha value is -1.88. The average molecular weight is 222 g/mol. The molecular weight excluding hydrogens is 208 g/mol. The SMILES string of the molecule is COCNC(=O)Nc1cccc(C(C)=O)c1. The third-order valence-corrected chi connectivity index (χ3v) is 1.90. The predicted molar refractivity (Wildman–Crippen MR) is 60.5 cm³/mol. The quantitative estimate of drug-likeness (QED) is 0.600. The summed E-state index contributed by atoms with van der Waals surface area (Å²) in [7, 11) is 1.48. The van der Waals surface area contributed by atoms with Crippen molar-refractivity contribution in [2.75, 3.05) is 19.2 Å². The summed E-state index contributed by atoms with van der Waals surface area (Å²) in [4.78, 5) is 22.4. The normalized spacial score (nSPS) is 9.62. The molecule has 1 aromatic carbocycles. The predicted octanol–water partition coefficient (Wildman–Crippen LogP) is 1.61. The number of hydrogen-bond acceptors (Lipinski definition) is 3. The van der Waals surface area contributed by atoms with Crippen molar-refractivity contribution in [1.29, 1.82) is 0 Å². The number of carbonyl (C=O) groups is 2. The van der Waals surface area contributed by atoms with Gasteiger partial charge in [-0.15, -0.1) is 0 Å². The van der Waals surface area contributed by atoms with Crippen LogP contribution in [-0.2, 0) is 4.74 Å². The van der Waals surface area contributed by atoms with Crippen LogP contribution in [0, 0.1) is 0 Å². The fourth-order valence-electron chi connectivity index (χ4n) is 1.13. The third kappa shape index (κ3) is 3.70. The standard InChI is InChI=1S/C11H14N2O3/c1-8(14)9-4-3-5-10(6-9)13-11(15)12-7-16-2/h3-6H,7H2,1-2H3,(H2,12,13,15). The number of ketones is 1. The minimum atomic E-state index is -0.373. The highest BCUT2D eigenvalue weighted by atomic mass is 16.5. The molecule has 86 valence electrons. The van der Waals surface area contributed by atoms with Gasteiger partial charge in [0.1, 0.15) is 6.73 Å². The number of benzene rings is 1. The molecule has 2 amide bonds. The molecule has 5 nitrogen and oxygen atoms in total. The van der Waals surface area contributed by atoms with Crippen LogP contribution in [0.15, 0.2) is 24.3 Å². The van der Waals surface area contributed by atoms with Crippen LogP contribution in [-0.4, -0.2) is 25.7 Å². The van der Waals surface area contributed by atoms with Crippen molar-refractivity contribution >= 4 is 17.5 Å². The highest BCUT2D eigenvalue weighted by Crippen LogP contribution is 2.10. The van der Waals surface area contributed by atoms with E-state index in [0.717, 1.165) is 0 Å². The molecule has 0 saturated heterocycles. The van der Waals surface area contributed by atoms with Crippen LogP contribution in [0.2, 0.25) is 0 Å². The number of rotatable bonds is 4. The summed E-state index contributed by atoms with van der Waals surface area (Å²) in [6, 6.07) is 6.36. The topological polar surface area (TPSA) is 67.4 Å². The van der Waals surface area contributed by atoms with Crippen LogP contribution in [0.25, 0.3) is 0 Å². The molecule has 0 aromatic heterocycles. The van der Waals surface area contributed by atoms with Gasteiger partial charge in [-0.2, -0.15) is 0 Å². The summed E-state index contributed by atoms with van der Waals surface area (Å²) in [5.74, 6) is -0.0408. The second kappa shape index (κ2) is 5.87. The molecule has 1 rings (SSSR count). The van der Waals surface area contributed by atoms with Crippen molar-refractivity contribution in [3.05, 3.63) is 29.8 Å². The largest absolute Gasteiger partial charge is 0.364 e. The molecule has 0 radical (unpaired) electrons. The van der Waals surface area contributed by atoms with Gasteiger partial charge in [-0.25, -0.2) is 4.79 Å². The van der Waals surface area contributed by atoms with Gasteiger partial charge in [-0.05, 0) is 19.1 Å². The zero-order chi connectivity index (χ0) is 12.0. The van der Waals surface area contributed by atoms with E-state index in [1.165, 1.54) is 14.0 Å². The number of anilines is 1. The van der Waals surface area contributed by atoms with Crippen LogP contribution in [0.3, 0.4) is 0 Å². The van der Waals surface area contributed by atoms with E-state index in [1.54, 1.807) is 24.3 Å². The number of carbonyl (C=O) groups excluding carboxylic acids is 2. The van der Waals surface area contributed by atoms with Gasteiger partial charge in [-0.1, -0.05) is 12.1 Å². The molecule has 16 heavy (non-hydrogen) atoms. The molecule has 0 fully saturated rings. The van der Waals surface area contributed by atoms with E-state index in [2.05, 4.69) is 15.4 Å². The highest BCUT2D eigenvalue weighted by Gasteiger charge is 2.03. The van der Waals surface area contributed by atoms with E-state index in [-0.39, 0.29) is 18.5 Å². The van der Waals surface area contributed by atoms with Crippen LogP contribution in [0.4, 0.5) is 10.5 Å². The Kier molecular flexibility index (Phi) is 4.47. The Labute approximate surface area is 93.8 Å². The lowest BCUT2D eigenvalue weighted by molar-refractivity contribution is 0.101. The molecule has 1 aromatic rings. The molecule has 0 aliphatic rings. The number of ether oxygens (including phenoxy) is 1. The second-order valence-corrected chi connectivity index (χ2v) is 3.20. The molecule has 0 aliphatic heterocycles. The van der Waals surface area contributed by atoms with Crippen LogP contribution < -0.4 is 10.6 Å². The van der Waals surface area contributed by atoms with Gasteiger partial charge in [0.15, 0.2) is 5.78 Å². The Morgan fingerprint density at radius 2 is 2.12 bits per heavy atom.